The number of ether oxygens (including phenoxy) is 1. The summed E-state index contributed by atoms with van der Waals surface area (Å²) in [6.07, 6.45) is 3.88. The van der Waals surface area contributed by atoms with Crippen molar-refractivity contribution in [3.8, 4) is 0 Å². The van der Waals surface area contributed by atoms with Gasteiger partial charge in [0.05, 0.1) is 36.8 Å². The Morgan fingerprint density at radius 2 is 1.93 bits per heavy atom. The van der Waals surface area contributed by atoms with Crippen LogP contribution in [0.4, 0.5) is 5.69 Å². The molecule has 2 heterocycles. The zero-order valence-corrected chi connectivity index (χ0v) is 15.2. The molecule has 0 aliphatic heterocycles. The summed E-state index contributed by atoms with van der Waals surface area (Å²) in [5, 5.41) is 6.40. The van der Waals surface area contributed by atoms with E-state index in [2.05, 4.69) is 22.2 Å². The average molecular weight is 362 g/mol. The Labute approximate surface area is 157 Å². The van der Waals surface area contributed by atoms with Gasteiger partial charge in [0.1, 0.15) is 0 Å². The van der Waals surface area contributed by atoms with Crippen LogP contribution in [0.2, 0.25) is 0 Å². The first-order valence-electron chi connectivity index (χ1n) is 8.84. The highest BCUT2D eigenvalue weighted by molar-refractivity contribution is 5.82. The van der Waals surface area contributed by atoms with Crippen LogP contribution >= 0.6 is 0 Å². The minimum atomic E-state index is -0.202. The number of benzene rings is 2. The van der Waals surface area contributed by atoms with Crippen molar-refractivity contribution in [2.45, 2.75) is 19.9 Å². The second kappa shape index (κ2) is 8.80. The first kappa shape index (κ1) is 18.4. The lowest BCUT2D eigenvalue weighted by Gasteiger charge is -2.03. The first-order valence-corrected chi connectivity index (χ1v) is 8.84. The van der Waals surface area contributed by atoms with Crippen LogP contribution in [0.5, 0.6) is 0 Å². The maximum Gasteiger partial charge on any atom is 0.307 e. The molecule has 4 aromatic rings. The predicted octanol–water partition coefficient (Wildman–Crippen LogP) is 3.81. The normalized spacial score (nSPS) is 10.4. The predicted molar refractivity (Wildman–Crippen MR) is 107 cm³/mol. The van der Waals surface area contributed by atoms with Gasteiger partial charge in [-0.25, -0.2) is 0 Å². The van der Waals surface area contributed by atoms with Crippen molar-refractivity contribution < 1.29 is 9.53 Å². The molecule has 0 aliphatic rings. The standard InChI is InChI=1S/C12H15N3O2.C9H7N/c1-2-17-12(16)5-6-15-11-4-3-10(13)7-9(11)8-14-15;1-2-6-9-8(4-1)5-3-7-10-9/h3-4,7-8H,2,5-6,13H2,1H3;1-7H. The van der Waals surface area contributed by atoms with Crippen molar-refractivity contribution in [2.24, 2.45) is 0 Å². The molecule has 0 fully saturated rings. The number of esters is 1. The summed E-state index contributed by atoms with van der Waals surface area (Å²) in [7, 11) is 0. The lowest BCUT2D eigenvalue weighted by atomic mass is 10.2. The zero-order valence-electron chi connectivity index (χ0n) is 15.2. The molecule has 0 amide bonds. The summed E-state index contributed by atoms with van der Waals surface area (Å²) in [5.41, 5.74) is 8.43. The Hall–Kier alpha value is -3.41. The van der Waals surface area contributed by atoms with Crippen LogP contribution in [0.3, 0.4) is 0 Å². The second-order valence-corrected chi connectivity index (χ2v) is 5.94. The molecular formula is C21H22N4O2. The van der Waals surface area contributed by atoms with Crippen LogP contribution < -0.4 is 5.73 Å². The van der Waals surface area contributed by atoms with E-state index >= 15 is 0 Å². The minimum Gasteiger partial charge on any atom is -0.466 e. The Morgan fingerprint density at radius 1 is 1.11 bits per heavy atom. The molecule has 0 radical (unpaired) electrons. The molecule has 0 bridgehead atoms. The van der Waals surface area contributed by atoms with Gasteiger partial charge >= 0.3 is 5.97 Å². The molecule has 27 heavy (non-hydrogen) atoms. The van der Waals surface area contributed by atoms with Gasteiger partial charge in [0.25, 0.3) is 0 Å². The largest absolute Gasteiger partial charge is 0.466 e. The van der Waals surface area contributed by atoms with E-state index < -0.39 is 0 Å². The fraction of sp³-hybridized carbons (Fsp3) is 0.190. The lowest BCUT2D eigenvalue weighted by molar-refractivity contribution is -0.143. The van der Waals surface area contributed by atoms with Gasteiger partial charge in [0, 0.05) is 22.7 Å². The highest BCUT2D eigenvalue weighted by atomic mass is 16.5. The number of nitrogens with zero attached hydrogens (tertiary/aromatic N) is 3. The van der Waals surface area contributed by atoms with Crippen molar-refractivity contribution in [3.05, 3.63) is 67.0 Å². The second-order valence-electron chi connectivity index (χ2n) is 5.94. The number of aryl methyl sites for hydroxylation is 1. The Bertz CT molecular complexity index is 977. The monoisotopic (exact) mass is 362 g/mol. The van der Waals surface area contributed by atoms with Crippen molar-refractivity contribution in [3.63, 3.8) is 0 Å². The summed E-state index contributed by atoms with van der Waals surface area (Å²) >= 11 is 0. The van der Waals surface area contributed by atoms with Gasteiger partial charge in [-0.2, -0.15) is 5.10 Å². The number of para-hydroxylation sites is 1. The van der Waals surface area contributed by atoms with Gasteiger partial charge in [-0.15, -0.1) is 0 Å². The Morgan fingerprint density at radius 3 is 2.74 bits per heavy atom. The fourth-order valence-corrected chi connectivity index (χ4v) is 2.73. The van der Waals surface area contributed by atoms with E-state index in [9.17, 15) is 4.79 Å². The van der Waals surface area contributed by atoms with Crippen molar-refractivity contribution >= 4 is 33.5 Å². The van der Waals surface area contributed by atoms with E-state index in [0.29, 0.717) is 25.3 Å². The number of nitrogen functional groups attached to an aromatic ring is 1. The van der Waals surface area contributed by atoms with E-state index in [-0.39, 0.29) is 5.97 Å². The van der Waals surface area contributed by atoms with Gasteiger partial charge in [0.15, 0.2) is 0 Å². The SMILES string of the molecule is CCOC(=O)CCn1ncc2cc(N)ccc21.c1ccc2ncccc2c1. The van der Waals surface area contributed by atoms with Crippen LogP contribution in [-0.2, 0) is 16.1 Å². The number of carbonyl (C=O) groups is 1. The average Bonchev–Trinajstić information content (AvgIpc) is 3.09. The quantitative estimate of drug-likeness (QED) is 0.441. The number of fused-ring (bicyclic) bond motifs is 2. The summed E-state index contributed by atoms with van der Waals surface area (Å²) < 4.78 is 6.65. The van der Waals surface area contributed by atoms with Gasteiger partial charge in [-0.1, -0.05) is 24.3 Å². The maximum absolute atomic E-state index is 11.2. The Kier molecular flexibility index (Phi) is 5.99. The summed E-state index contributed by atoms with van der Waals surface area (Å²) in [6.45, 7) is 2.73. The summed E-state index contributed by atoms with van der Waals surface area (Å²) in [5.74, 6) is -0.202. The summed E-state index contributed by atoms with van der Waals surface area (Å²) in [4.78, 5) is 15.4. The number of aromatic nitrogens is 3. The van der Waals surface area contributed by atoms with Crippen LogP contribution in [0.15, 0.2) is 67.0 Å². The van der Waals surface area contributed by atoms with Crippen molar-refractivity contribution in [2.75, 3.05) is 12.3 Å². The number of nitrogens with two attached hydrogens (primary N) is 1. The number of hydrogen-bond donors (Lipinski definition) is 1. The topological polar surface area (TPSA) is 83.0 Å². The van der Waals surface area contributed by atoms with Gasteiger partial charge in [-0.3, -0.25) is 14.5 Å². The molecule has 0 spiro atoms. The van der Waals surface area contributed by atoms with E-state index in [1.807, 2.05) is 48.7 Å². The van der Waals surface area contributed by atoms with E-state index in [0.717, 1.165) is 16.4 Å². The Balaban J connectivity index is 0.000000177. The fourth-order valence-electron chi connectivity index (χ4n) is 2.73. The molecule has 0 aliphatic carbocycles. The molecule has 2 aromatic heterocycles. The molecule has 0 saturated heterocycles. The number of pyridine rings is 1. The highest BCUT2D eigenvalue weighted by Crippen LogP contribution is 2.17. The third-order valence-corrected chi connectivity index (χ3v) is 4.01. The lowest BCUT2D eigenvalue weighted by Crippen LogP contribution is -2.09. The molecule has 2 N–H and O–H groups in total. The molecule has 2 aromatic carbocycles. The molecule has 138 valence electrons. The van der Waals surface area contributed by atoms with E-state index in [4.69, 9.17) is 10.5 Å². The van der Waals surface area contributed by atoms with E-state index in [1.54, 1.807) is 17.8 Å². The summed E-state index contributed by atoms with van der Waals surface area (Å²) in [6, 6.07) is 17.7. The minimum absolute atomic E-state index is 0.202. The molecule has 0 saturated carbocycles. The molecule has 0 atom stereocenters. The zero-order chi connectivity index (χ0) is 19.1. The van der Waals surface area contributed by atoms with Crippen LogP contribution in [0.25, 0.3) is 21.8 Å². The first-order chi connectivity index (χ1) is 13.2. The van der Waals surface area contributed by atoms with Gasteiger partial charge < -0.3 is 10.5 Å². The van der Waals surface area contributed by atoms with Crippen LogP contribution in [0, 0.1) is 0 Å². The van der Waals surface area contributed by atoms with Crippen molar-refractivity contribution in [1.29, 1.82) is 0 Å². The number of hydrogen-bond acceptors (Lipinski definition) is 5. The molecule has 4 rings (SSSR count). The van der Waals surface area contributed by atoms with Crippen molar-refractivity contribution in [1.82, 2.24) is 14.8 Å². The number of rotatable bonds is 4. The third-order valence-electron chi connectivity index (χ3n) is 4.01. The molecule has 0 unspecified atom stereocenters. The van der Waals surface area contributed by atoms with Crippen LogP contribution in [0.1, 0.15) is 13.3 Å². The molecule has 6 nitrogen and oxygen atoms in total. The smallest absolute Gasteiger partial charge is 0.307 e. The van der Waals surface area contributed by atoms with Crippen LogP contribution in [-0.4, -0.2) is 27.3 Å². The highest BCUT2D eigenvalue weighted by Gasteiger charge is 2.06. The number of carbonyl (C=O) groups excluding carboxylic acids is 1. The van der Waals surface area contributed by atoms with E-state index in [1.165, 1.54) is 5.39 Å². The van der Waals surface area contributed by atoms with Gasteiger partial charge in [-0.05, 0) is 37.3 Å². The maximum atomic E-state index is 11.2. The molecular weight excluding hydrogens is 340 g/mol. The van der Waals surface area contributed by atoms with Gasteiger partial charge in [0.2, 0.25) is 0 Å². The number of anilines is 1. The molecule has 6 heteroatoms. The third kappa shape index (κ3) is 4.82.